The topological polar surface area (TPSA) is 30.5 Å². The third-order valence-corrected chi connectivity index (χ3v) is 1.98. The zero-order valence-corrected chi connectivity index (χ0v) is 8.17. The van der Waals surface area contributed by atoms with Crippen molar-refractivity contribution in [2.45, 2.75) is 6.92 Å². The number of ether oxygens (including phenoxy) is 2. The first-order valence-corrected chi connectivity index (χ1v) is 4.54. The van der Waals surface area contributed by atoms with Gasteiger partial charge in [0.2, 0.25) is 6.79 Å². The Labute approximate surface area is 83.3 Å². The normalized spacial score (nSPS) is 12.6. The minimum absolute atomic E-state index is 0.307. The average Bonchev–Trinajstić information content (AvgIpc) is 2.62. The molecule has 0 fully saturated rings. The molecule has 0 aromatic heterocycles. The molecule has 1 aromatic rings. The van der Waals surface area contributed by atoms with Gasteiger partial charge in [-0.1, -0.05) is 18.2 Å². The quantitative estimate of drug-likeness (QED) is 0.744. The Balaban J connectivity index is 2.17. The van der Waals surface area contributed by atoms with Crippen LogP contribution in [-0.4, -0.2) is 13.3 Å². The van der Waals surface area contributed by atoms with Gasteiger partial charge in [0.15, 0.2) is 11.5 Å². The third-order valence-electron chi connectivity index (χ3n) is 1.98. The van der Waals surface area contributed by atoms with E-state index in [1.54, 1.807) is 0 Å². The summed E-state index contributed by atoms with van der Waals surface area (Å²) in [6, 6.07) is 5.80. The van der Waals surface area contributed by atoms with E-state index in [9.17, 15) is 0 Å². The van der Waals surface area contributed by atoms with Crippen LogP contribution in [0.25, 0.3) is 0 Å². The van der Waals surface area contributed by atoms with Gasteiger partial charge in [0.25, 0.3) is 0 Å². The molecule has 0 radical (unpaired) electrons. The maximum Gasteiger partial charge on any atom is 0.231 e. The molecule has 0 amide bonds. The monoisotopic (exact) mass is 191 g/mol. The van der Waals surface area contributed by atoms with Crippen LogP contribution in [0.2, 0.25) is 0 Å². The van der Waals surface area contributed by atoms with E-state index in [2.05, 4.69) is 11.9 Å². The van der Waals surface area contributed by atoms with Crippen LogP contribution in [0.5, 0.6) is 11.5 Å². The standard InChI is InChI=1S/C11H13NO2/c1-8(2)6-12-9-4-3-5-10-11(9)14-7-13-10/h3-5,12H,1,6-7H2,2H3. The summed E-state index contributed by atoms with van der Waals surface area (Å²) < 4.78 is 10.6. The van der Waals surface area contributed by atoms with Crippen LogP contribution < -0.4 is 14.8 Å². The van der Waals surface area contributed by atoms with Crippen molar-refractivity contribution in [2.24, 2.45) is 0 Å². The van der Waals surface area contributed by atoms with Crippen molar-refractivity contribution in [1.29, 1.82) is 0 Å². The molecule has 1 aliphatic heterocycles. The molecule has 0 saturated heterocycles. The number of benzene rings is 1. The van der Waals surface area contributed by atoms with Crippen LogP contribution in [0, 0.1) is 0 Å². The van der Waals surface area contributed by atoms with E-state index in [4.69, 9.17) is 9.47 Å². The van der Waals surface area contributed by atoms with Crippen molar-refractivity contribution in [2.75, 3.05) is 18.7 Å². The van der Waals surface area contributed by atoms with Gasteiger partial charge < -0.3 is 14.8 Å². The molecule has 1 aromatic carbocycles. The van der Waals surface area contributed by atoms with Crippen LogP contribution in [0.1, 0.15) is 6.92 Å². The summed E-state index contributed by atoms with van der Waals surface area (Å²) in [6.07, 6.45) is 0. The molecule has 2 rings (SSSR count). The number of rotatable bonds is 3. The molecule has 0 bridgehead atoms. The second kappa shape index (κ2) is 3.62. The van der Waals surface area contributed by atoms with E-state index in [-0.39, 0.29) is 0 Å². The highest BCUT2D eigenvalue weighted by Gasteiger charge is 2.16. The summed E-state index contributed by atoms with van der Waals surface area (Å²) in [6.45, 7) is 6.87. The maximum absolute atomic E-state index is 5.35. The van der Waals surface area contributed by atoms with Crippen molar-refractivity contribution < 1.29 is 9.47 Å². The molecule has 0 unspecified atom stereocenters. The zero-order chi connectivity index (χ0) is 9.97. The van der Waals surface area contributed by atoms with E-state index in [0.29, 0.717) is 6.79 Å². The van der Waals surface area contributed by atoms with Crippen LogP contribution in [0.15, 0.2) is 30.4 Å². The molecule has 0 atom stereocenters. The highest BCUT2D eigenvalue weighted by atomic mass is 16.7. The fourth-order valence-corrected chi connectivity index (χ4v) is 1.32. The number of para-hydroxylation sites is 1. The lowest BCUT2D eigenvalue weighted by Gasteiger charge is -2.08. The molecule has 3 heteroatoms. The van der Waals surface area contributed by atoms with Gasteiger partial charge in [-0.25, -0.2) is 0 Å². The van der Waals surface area contributed by atoms with E-state index in [1.807, 2.05) is 25.1 Å². The summed E-state index contributed by atoms with van der Waals surface area (Å²) >= 11 is 0. The van der Waals surface area contributed by atoms with Crippen LogP contribution >= 0.6 is 0 Å². The smallest absolute Gasteiger partial charge is 0.231 e. The molecule has 3 nitrogen and oxygen atoms in total. The van der Waals surface area contributed by atoms with Gasteiger partial charge in [-0.2, -0.15) is 0 Å². The molecule has 74 valence electrons. The second-order valence-electron chi connectivity index (χ2n) is 3.35. The van der Waals surface area contributed by atoms with Crippen molar-refractivity contribution in [3.05, 3.63) is 30.4 Å². The highest BCUT2D eigenvalue weighted by molar-refractivity contribution is 5.64. The molecule has 14 heavy (non-hydrogen) atoms. The average molecular weight is 191 g/mol. The summed E-state index contributed by atoms with van der Waals surface area (Å²) in [5.74, 6) is 1.60. The molecular weight excluding hydrogens is 178 g/mol. The predicted molar refractivity (Wildman–Crippen MR) is 55.9 cm³/mol. The summed E-state index contributed by atoms with van der Waals surface area (Å²) in [4.78, 5) is 0. The Morgan fingerprint density at radius 1 is 1.50 bits per heavy atom. The zero-order valence-electron chi connectivity index (χ0n) is 8.17. The van der Waals surface area contributed by atoms with Crippen LogP contribution in [-0.2, 0) is 0 Å². The third kappa shape index (κ3) is 1.66. The molecule has 0 aliphatic carbocycles. The maximum atomic E-state index is 5.35. The highest BCUT2D eigenvalue weighted by Crippen LogP contribution is 2.38. The van der Waals surface area contributed by atoms with E-state index < -0.39 is 0 Å². The molecule has 0 saturated carbocycles. The Morgan fingerprint density at radius 3 is 3.14 bits per heavy atom. The van der Waals surface area contributed by atoms with Crippen molar-refractivity contribution in [3.8, 4) is 11.5 Å². The largest absolute Gasteiger partial charge is 0.454 e. The van der Waals surface area contributed by atoms with Crippen molar-refractivity contribution in [3.63, 3.8) is 0 Å². The fraction of sp³-hybridized carbons (Fsp3) is 0.273. The van der Waals surface area contributed by atoms with Gasteiger partial charge in [0.1, 0.15) is 0 Å². The molecule has 0 spiro atoms. The minimum atomic E-state index is 0.307. The number of fused-ring (bicyclic) bond motifs is 1. The first-order chi connectivity index (χ1) is 6.77. The van der Waals surface area contributed by atoms with Crippen LogP contribution in [0.3, 0.4) is 0 Å². The summed E-state index contributed by atoms with van der Waals surface area (Å²) in [7, 11) is 0. The molecule has 1 heterocycles. The van der Waals surface area contributed by atoms with Gasteiger partial charge in [0, 0.05) is 6.54 Å². The predicted octanol–water partition coefficient (Wildman–Crippen LogP) is 2.40. The Hall–Kier alpha value is -1.64. The van der Waals surface area contributed by atoms with Crippen molar-refractivity contribution >= 4 is 5.69 Å². The number of hydrogen-bond donors (Lipinski definition) is 1. The number of hydrogen-bond acceptors (Lipinski definition) is 3. The lowest BCUT2D eigenvalue weighted by Crippen LogP contribution is -2.02. The second-order valence-corrected chi connectivity index (χ2v) is 3.35. The van der Waals surface area contributed by atoms with E-state index in [0.717, 1.165) is 29.3 Å². The number of anilines is 1. The van der Waals surface area contributed by atoms with Gasteiger partial charge in [-0.15, -0.1) is 0 Å². The first-order valence-electron chi connectivity index (χ1n) is 4.54. The Kier molecular flexibility index (Phi) is 2.31. The van der Waals surface area contributed by atoms with Gasteiger partial charge in [-0.3, -0.25) is 0 Å². The number of nitrogens with one attached hydrogen (secondary N) is 1. The lowest BCUT2D eigenvalue weighted by atomic mass is 10.2. The van der Waals surface area contributed by atoms with Crippen molar-refractivity contribution in [1.82, 2.24) is 0 Å². The SMILES string of the molecule is C=C(C)CNc1cccc2c1OCO2. The minimum Gasteiger partial charge on any atom is -0.454 e. The first kappa shape index (κ1) is 8.94. The van der Waals surface area contributed by atoms with Crippen LogP contribution in [0.4, 0.5) is 5.69 Å². The fourth-order valence-electron chi connectivity index (χ4n) is 1.32. The summed E-state index contributed by atoms with van der Waals surface area (Å²) in [5, 5.41) is 3.24. The lowest BCUT2D eigenvalue weighted by molar-refractivity contribution is 0.174. The van der Waals surface area contributed by atoms with E-state index in [1.165, 1.54) is 0 Å². The van der Waals surface area contributed by atoms with E-state index >= 15 is 0 Å². The van der Waals surface area contributed by atoms with Gasteiger partial charge in [-0.05, 0) is 19.1 Å². The summed E-state index contributed by atoms with van der Waals surface area (Å²) in [5.41, 5.74) is 2.05. The molecule has 1 aliphatic rings. The molecule has 1 N–H and O–H groups in total. The molecular formula is C11H13NO2. The van der Waals surface area contributed by atoms with Gasteiger partial charge in [0.05, 0.1) is 5.69 Å². The van der Waals surface area contributed by atoms with Gasteiger partial charge >= 0.3 is 0 Å². The Bertz CT molecular complexity index is 360. The Morgan fingerprint density at radius 2 is 2.36 bits per heavy atom.